The van der Waals surface area contributed by atoms with E-state index in [1.807, 2.05) is 31.2 Å². The number of rotatable bonds is 6. The minimum Gasteiger partial charge on any atom is -0.386 e. The summed E-state index contributed by atoms with van der Waals surface area (Å²) < 4.78 is 41.8. The van der Waals surface area contributed by atoms with Crippen LogP contribution < -0.4 is 20.9 Å². The fraction of sp³-hybridized carbons (Fsp3) is 0.440. The molecule has 1 amide bonds. The van der Waals surface area contributed by atoms with Crippen molar-refractivity contribution >= 4 is 38.8 Å². The van der Waals surface area contributed by atoms with Crippen LogP contribution in [-0.2, 0) is 6.42 Å². The van der Waals surface area contributed by atoms with Crippen LogP contribution in [0.25, 0.3) is 10.2 Å². The second-order valence-electron chi connectivity index (χ2n) is 9.34. The fourth-order valence-corrected chi connectivity index (χ4v) is 6.17. The Hall–Kier alpha value is -2.85. The molecule has 0 saturated carbocycles. The van der Waals surface area contributed by atoms with E-state index in [0.29, 0.717) is 33.6 Å². The smallest absolute Gasteiger partial charge is 0.386 e. The summed E-state index contributed by atoms with van der Waals surface area (Å²) in [5.41, 5.74) is 2.81. The Bertz CT molecular complexity index is 1210. The van der Waals surface area contributed by atoms with Crippen molar-refractivity contribution in [1.82, 2.24) is 15.6 Å². The molecule has 0 unspecified atom stereocenters. The number of aryl methyl sites for hydroxylation is 1. The highest BCUT2D eigenvalue weighted by Crippen LogP contribution is 2.35. The molecule has 10 heteroatoms. The molecule has 1 aromatic carbocycles. The molecule has 186 valence electrons. The Morgan fingerprint density at radius 3 is 2.49 bits per heavy atom. The average molecular weight is 504 g/mol. The molecule has 5 rings (SSSR count). The largest absolute Gasteiger partial charge is 0.408 e. The van der Waals surface area contributed by atoms with Gasteiger partial charge in [-0.05, 0) is 49.6 Å². The van der Waals surface area contributed by atoms with E-state index in [2.05, 4.69) is 25.8 Å². The van der Waals surface area contributed by atoms with Crippen molar-refractivity contribution < 1.29 is 18.0 Å². The number of fused-ring (bicyclic) bond motifs is 3. The number of amides is 1. The van der Waals surface area contributed by atoms with Gasteiger partial charge in [-0.3, -0.25) is 4.79 Å². The summed E-state index contributed by atoms with van der Waals surface area (Å²) in [5, 5.41) is 9.47. The highest BCUT2D eigenvalue weighted by molar-refractivity contribution is 7.21. The maximum absolute atomic E-state index is 13.9. The van der Waals surface area contributed by atoms with Crippen molar-refractivity contribution in [2.24, 2.45) is 0 Å². The predicted molar refractivity (Wildman–Crippen MR) is 134 cm³/mol. The number of carbonyl (C=O) groups excluding carboxylic acids is 1. The van der Waals surface area contributed by atoms with Gasteiger partial charge in [-0.2, -0.15) is 13.2 Å². The minimum absolute atomic E-state index is 0.193. The Labute approximate surface area is 205 Å². The maximum atomic E-state index is 13.9. The van der Waals surface area contributed by atoms with E-state index in [-0.39, 0.29) is 11.3 Å². The Kier molecular flexibility index (Phi) is 6.35. The minimum atomic E-state index is -4.59. The monoisotopic (exact) mass is 503 g/mol. The maximum Gasteiger partial charge on any atom is 0.408 e. The molecular weight excluding hydrogens is 475 g/mol. The van der Waals surface area contributed by atoms with Crippen LogP contribution in [0.3, 0.4) is 0 Å². The van der Waals surface area contributed by atoms with Gasteiger partial charge in [-0.1, -0.05) is 12.1 Å². The molecule has 35 heavy (non-hydrogen) atoms. The number of piperazine rings is 1. The topological polar surface area (TPSA) is 69.3 Å². The third-order valence-corrected chi connectivity index (χ3v) is 7.91. The molecular formula is C25H28F3N5OS. The number of pyridine rings is 1. The lowest BCUT2D eigenvalue weighted by Gasteiger charge is -2.34. The molecule has 3 aromatic rings. The van der Waals surface area contributed by atoms with Gasteiger partial charge in [0.15, 0.2) is 0 Å². The average Bonchev–Trinajstić information content (AvgIpc) is 3.36. The first-order valence-corrected chi connectivity index (χ1v) is 12.6. The van der Waals surface area contributed by atoms with Crippen LogP contribution >= 0.6 is 11.3 Å². The highest BCUT2D eigenvalue weighted by Gasteiger charge is 2.41. The number of aromatic nitrogens is 1. The lowest BCUT2D eigenvalue weighted by atomic mass is 10.0. The van der Waals surface area contributed by atoms with Crippen molar-refractivity contribution in [3.63, 3.8) is 0 Å². The summed E-state index contributed by atoms with van der Waals surface area (Å²) in [6, 6.07) is 9.82. The molecule has 0 spiro atoms. The van der Waals surface area contributed by atoms with Crippen LogP contribution in [-0.4, -0.2) is 55.3 Å². The second kappa shape index (κ2) is 9.31. The second-order valence-corrected chi connectivity index (χ2v) is 10.3. The Morgan fingerprint density at radius 1 is 1.17 bits per heavy atom. The molecule has 3 N–H and O–H groups in total. The molecule has 2 aliphatic heterocycles. The summed E-state index contributed by atoms with van der Waals surface area (Å²) in [7, 11) is 1.64. The first-order valence-electron chi connectivity index (χ1n) is 11.8. The number of hydrogen-bond acceptors (Lipinski definition) is 6. The van der Waals surface area contributed by atoms with Gasteiger partial charge in [0.2, 0.25) is 0 Å². The van der Waals surface area contributed by atoms with E-state index < -0.39 is 18.1 Å². The van der Waals surface area contributed by atoms with E-state index in [1.165, 1.54) is 0 Å². The first kappa shape index (κ1) is 23.9. The van der Waals surface area contributed by atoms with Gasteiger partial charge in [-0.25, -0.2) is 4.98 Å². The molecule has 0 aliphatic carbocycles. The predicted octanol–water partition coefficient (Wildman–Crippen LogP) is 4.49. The van der Waals surface area contributed by atoms with Crippen LogP contribution in [0.5, 0.6) is 0 Å². The summed E-state index contributed by atoms with van der Waals surface area (Å²) in [6.45, 7) is 3.65. The molecule has 2 aliphatic rings. The summed E-state index contributed by atoms with van der Waals surface area (Å²) >= 11 is 1.09. The standard InChI is InChI=1S/C25H28F3N5OS/c1-14-3-10-19-21(29-2)22(35-24(19)30-14)23(34)32-20(25(26,27)28)11-15-4-8-18(9-5-15)33-12-16-6-7-17(13-33)31-16/h3-5,8-10,16-17,20,29,31H,6-7,11-13H2,1-2H3,(H,32,34)/t16-,17+,20-/m0/s1. The first-order chi connectivity index (χ1) is 16.7. The molecule has 2 fully saturated rings. The van der Waals surface area contributed by atoms with E-state index in [9.17, 15) is 18.0 Å². The number of benzene rings is 1. The van der Waals surface area contributed by atoms with Crippen LogP contribution in [0.4, 0.5) is 24.5 Å². The molecule has 2 bridgehead atoms. The van der Waals surface area contributed by atoms with Gasteiger partial charge in [0.25, 0.3) is 5.91 Å². The molecule has 6 nitrogen and oxygen atoms in total. The van der Waals surface area contributed by atoms with Crippen molar-refractivity contribution in [2.45, 2.75) is 50.5 Å². The van der Waals surface area contributed by atoms with Gasteiger partial charge in [0, 0.05) is 55.4 Å². The number of anilines is 2. The quantitative estimate of drug-likeness (QED) is 0.463. The van der Waals surface area contributed by atoms with E-state index in [4.69, 9.17) is 0 Å². The zero-order valence-electron chi connectivity index (χ0n) is 19.6. The number of halogens is 3. The van der Waals surface area contributed by atoms with Crippen molar-refractivity contribution in [2.75, 3.05) is 30.4 Å². The van der Waals surface area contributed by atoms with Crippen molar-refractivity contribution in [1.29, 1.82) is 0 Å². The van der Waals surface area contributed by atoms with Gasteiger partial charge in [0.1, 0.15) is 15.7 Å². The number of alkyl halides is 3. The summed E-state index contributed by atoms with van der Waals surface area (Å²) in [4.78, 5) is 20.5. The van der Waals surface area contributed by atoms with Gasteiger partial charge >= 0.3 is 6.18 Å². The zero-order chi connectivity index (χ0) is 24.7. The molecule has 0 radical (unpaired) electrons. The lowest BCUT2D eigenvalue weighted by molar-refractivity contribution is -0.153. The molecule has 3 atom stereocenters. The number of nitrogens with zero attached hydrogens (tertiary/aromatic N) is 2. The van der Waals surface area contributed by atoms with Crippen molar-refractivity contribution in [3.05, 3.63) is 52.5 Å². The Morgan fingerprint density at radius 2 is 1.86 bits per heavy atom. The third-order valence-electron chi connectivity index (χ3n) is 6.81. The van der Waals surface area contributed by atoms with Crippen LogP contribution in [0, 0.1) is 6.92 Å². The van der Waals surface area contributed by atoms with Gasteiger partial charge in [-0.15, -0.1) is 11.3 Å². The SMILES string of the molecule is CNc1c(C(=O)N[C@@H](Cc2ccc(N3C[C@H]4CC[C@@H](C3)N4)cc2)C(F)(F)F)sc2nc(C)ccc12. The lowest BCUT2D eigenvalue weighted by Crippen LogP contribution is -2.51. The van der Waals surface area contributed by atoms with E-state index >= 15 is 0 Å². The number of carbonyl (C=O) groups is 1. The highest BCUT2D eigenvalue weighted by atomic mass is 32.1. The van der Waals surface area contributed by atoms with Crippen LogP contribution in [0.2, 0.25) is 0 Å². The zero-order valence-corrected chi connectivity index (χ0v) is 20.4. The van der Waals surface area contributed by atoms with E-state index in [0.717, 1.165) is 48.6 Å². The molecule has 2 saturated heterocycles. The van der Waals surface area contributed by atoms with Crippen molar-refractivity contribution in [3.8, 4) is 0 Å². The van der Waals surface area contributed by atoms with Gasteiger partial charge < -0.3 is 20.9 Å². The fourth-order valence-electron chi connectivity index (χ4n) is 5.04. The van der Waals surface area contributed by atoms with Crippen LogP contribution in [0.15, 0.2) is 36.4 Å². The van der Waals surface area contributed by atoms with E-state index in [1.54, 1.807) is 19.2 Å². The number of hydrogen-bond donors (Lipinski definition) is 3. The Balaban J connectivity index is 1.32. The molecule has 4 heterocycles. The normalized spacial score (nSPS) is 20.8. The summed E-state index contributed by atoms with van der Waals surface area (Å²) in [5.74, 6) is -0.759. The third kappa shape index (κ3) is 4.95. The van der Waals surface area contributed by atoms with Crippen LogP contribution in [0.1, 0.15) is 33.8 Å². The van der Waals surface area contributed by atoms with Gasteiger partial charge in [0.05, 0.1) is 5.69 Å². The summed E-state index contributed by atoms with van der Waals surface area (Å²) in [6.07, 6.45) is -2.59. The number of thiophene rings is 1. The molecule has 2 aromatic heterocycles. The number of nitrogens with one attached hydrogen (secondary N) is 3.